The number of ether oxygens (including phenoxy) is 1. The van der Waals surface area contributed by atoms with Gasteiger partial charge in [-0.25, -0.2) is 0 Å². The van der Waals surface area contributed by atoms with Crippen LogP contribution in [0.3, 0.4) is 0 Å². The Labute approximate surface area is 123 Å². The number of hydrogen-bond donors (Lipinski definition) is 1. The van der Waals surface area contributed by atoms with E-state index in [4.69, 9.17) is 16.3 Å². The number of carbonyl (C=O) groups is 1. The van der Waals surface area contributed by atoms with E-state index in [1.165, 1.54) is 0 Å². The van der Waals surface area contributed by atoms with Gasteiger partial charge in [0.1, 0.15) is 5.75 Å². The average Bonchev–Trinajstić information content (AvgIpc) is 2.46. The Morgan fingerprint density at radius 1 is 1.20 bits per heavy atom. The second-order valence-corrected chi connectivity index (χ2v) is 4.72. The van der Waals surface area contributed by atoms with Gasteiger partial charge >= 0.3 is 0 Å². The molecule has 2 aromatic carbocycles. The first kappa shape index (κ1) is 14.4. The van der Waals surface area contributed by atoms with Crippen LogP contribution in [0.25, 0.3) is 0 Å². The van der Waals surface area contributed by atoms with Crippen molar-refractivity contribution >= 4 is 23.2 Å². The van der Waals surface area contributed by atoms with Crippen molar-refractivity contribution in [2.24, 2.45) is 0 Å². The maximum atomic E-state index is 12.1. The molecule has 0 aliphatic carbocycles. The van der Waals surface area contributed by atoms with Gasteiger partial charge in [0, 0.05) is 11.8 Å². The number of rotatable bonds is 5. The summed E-state index contributed by atoms with van der Waals surface area (Å²) in [5.41, 5.74) is 1.14. The summed E-state index contributed by atoms with van der Waals surface area (Å²) in [7, 11) is 0. The summed E-state index contributed by atoms with van der Waals surface area (Å²) in [4.78, 5) is 12.1. The lowest BCUT2D eigenvalue weighted by Crippen LogP contribution is -2.12. The summed E-state index contributed by atoms with van der Waals surface area (Å²) in [6, 6.07) is 14.3. The van der Waals surface area contributed by atoms with Crippen molar-refractivity contribution in [3.8, 4) is 5.75 Å². The molecule has 2 rings (SSSR count). The first-order valence-electron chi connectivity index (χ1n) is 6.49. The molecule has 0 saturated carbocycles. The molecule has 0 bridgehead atoms. The molecule has 0 fully saturated rings. The lowest BCUT2D eigenvalue weighted by molar-refractivity contribution is 0.102. The molecule has 4 heteroatoms. The minimum atomic E-state index is -0.233. The average molecular weight is 290 g/mol. The SMILES string of the molecule is CCCOc1cccc(NC(=O)c2ccccc2Cl)c1. The summed E-state index contributed by atoms with van der Waals surface area (Å²) < 4.78 is 5.53. The largest absolute Gasteiger partial charge is 0.494 e. The van der Waals surface area contributed by atoms with Gasteiger partial charge in [0.25, 0.3) is 5.91 Å². The highest BCUT2D eigenvalue weighted by Gasteiger charge is 2.09. The fourth-order valence-electron chi connectivity index (χ4n) is 1.73. The molecule has 1 amide bonds. The van der Waals surface area contributed by atoms with Crippen LogP contribution in [0.2, 0.25) is 5.02 Å². The van der Waals surface area contributed by atoms with Gasteiger partial charge in [-0.05, 0) is 30.7 Å². The smallest absolute Gasteiger partial charge is 0.257 e. The number of carbonyl (C=O) groups excluding carboxylic acids is 1. The molecule has 0 aromatic heterocycles. The van der Waals surface area contributed by atoms with Gasteiger partial charge < -0.3 is 10.1 Å². The van der Waals surface area contributed by atoms with E-state index in [1.54, 1.807) is 30.3 Å². The molecule has 0 radical (unpaired) electrons. The standard InChI is InChI=1S/C16H16ClNO2/c1-2-10-20-13-7-5-6-12(11-13)18-16(19)14-8-3-4-9-15(14)17/h3-9,11H,2,10H2,1H3,(H,18,19). The van der Waals surface area contributed by atoms with E-state index in [2.05, 4.69) is 5.32 Å². The van der Waals surface area contributed by atoms with Crippen LogP contribution in [-0.4, -0.2) is 12.5 Å². The van der Waals surface area contributed by atoms with Gasteiger partial charge in [0.15, 0.2) is 0 Å². The normalized spacial score (nSPS) is 10.1. The van der Waals surface area contributed by atoms with Crippen LogP contribution >= 0.6 is 11.6 Å². The van der Waals surface area contributed by atoms with Crippen molar-refractivity contribution in [1.29, 1.82) is 0 Å². The van der Waals surface area contributed by atoms with Gasteiger partial charge in [-0.2, -0.15) is 0 Å². The number of amides is 1. The number of nitrogens with one attached hydrogen (secondary N) is 1. The summed E-state index contributed by atoms with van der Waals surface area (Å²) in [6.07, 6.45) is 0.941. The van der Waals surface area contributed by atoms with Crippen LogP contribution < -0.4 is 10.1 Å². The molecular formula is C16H16ClNO2. The quantitative estimate of drug-likeness (QED) is 0.887. The van der Waals surface area contributed by atoms with E-state index >= 15 is 0 Å². The Morgan fingerprint density at radius 2 is 2.00 bits per heavy atom. The summed E-state index contributed by atoms with van der Waals surface area (Å²) in [5.74, 6) is 0.507. The molecule has 0 spiro atoms. The second-order valence-electron chi connectivity index (χ2n) is 4.31. The lowest BCUT2D eigenvalue weighted by Gasteiger charge is -2.09. The monoisotopic (exact) mass is 289 g/mol. The Hall–Kier alpha value is -2.00. The fourth-order valence-corrected chi connectivity index (χ4v) is 1.95. The Morgan fingerprint density at radius 3 is 2.75 bits per heavy atom. The summed E-state index contributed by atoms with van der Waals surface area (Å²) in [6.45, 7) is 2.70. The van der Waals surface area contributed by atoms with Crippen molar-refractivity contribution in [3.63, 3.8) is 0 Å². The molecular weight excluding hydrogens is 274 g/mol. The molecule has 0 aliphatic heterocycles. The van der Waals surface area contributed by atoms with Gasteiger partial charge in [0.2, 0.25) is 0 Å². The number of benzene rings is 2. The van der Waals surface area contributed by atoms with E-state index < -0.39 is 0 Å². The Balaban J connectivity index is 2.10. The first-order valence-corrected chi connectivity index (χ1v) is 6.87. The second kappa shape index (κ2) is 6.96. The predicted molar refractivity (Wildman–Crippen MR) is 81.6 cm³/mol. The highest BCUT2D eigenvalue weighted by atomic mass is 35.5. The van der Waals surface area contributed by atoms with Crippen LogP contribution in [0.4, 0.5) is 5.69 Å². The van der Waals surface area contributed by atoms with E-state index in [-0.39, 0.29) is 5.91 Å². The topological polar surface area (TPSA) is 38.3 Å². The van der Waals surface area contributed by atoms with Crippen molar-refractivity contribution in [1.82, 2.24) is 0 Å². The van der Waals surface area contributed by atoms with Crippen molar-refractivity contribution in [2.45, 2.75) is 13.3 Å². The lowest BCUT2D eigenvalue weighted by atomic mass is 10.2. The van der Waals surface area contributed by atoms with E-state index in [0.717, 1.165) is 12.2 Å². The minimum absolute atomic E-state index is 0.233. The number of halogens is 1. The van der Waals surface area contributed by atoms with Crippen LogP contribution in [0.15, 0.2) is 48.5 Å². The highest BCUT2D eigenvalue weighted by Crippen LogP contribution is 2.20. The Bertz CT molecular complexity index is 599. The molecule has 1 N–H and O–H groups in total. The predicted octanol–water partition coefficient (Wildman–Crippen LogP) is 4.38. The van der Waals surface area contributed by atoms with Gasteiger partial charge in [-0.1, -0.05) is 36.7 Å². The van der Waals surface area contributed by atoms with Crippen molar-refractivity contribution in [3.05, 3.63) is 59.1 Å². The summed E-state index contributed by atoms with van der Waals surface area (Å²) >= 11 is 6.00. The zero-order valence-corrected chi connectivity index (χ0v) is 12.0. The highest BCUT2D eigenvalue weighted by molar-refractivity contribution is 6.34. The van der Waals surface area contributed by atoms with Crippen LogP contribution in [0, 0.1) is 0 Å². The molecule has 2 aromatic rings. The van der Waals surface area contributed by atoms with Gasteiger partial charge in [0.05, 0.1) is 17.2 Å². The Kier molecular flexibility index (Phi) is 5.02. The molecule has 0 aliphatic rings. The van der Waals surface area contributed by atoms with Crippen molar-refractivity contribution < 1.29 is 9.53 Å². The fraction of sp³-hybridized carbons (Fsp3) is 0.188. The van der Waals surface area contributed by atoms with Gasteiger partial charge in [-0.3, -0.25) is 4.79 Å². The molecule has 0 heterocycles. The molecule has 3 nitrogen and oxygen atoms in total. The third kappa shape index (κ3) is 3.75. The van der Waals surface area contributed by atoms with E-state index in [1.807, 2.05) is 25.1 Å². The zero-order chi connectivity index (χ0) is 14.4. The zero-order valence-electron chi connectivity index (χ0n) is 11.2. The van der Waals surface area contributed by atoms with Crippen LogP contribution in [-0.2, 0) is 0 Å². The van der Waals surface area contributed by atoms with E-state index in [0.29, 0.717) is 22.9 Å². The third-order valence-electron chi connectivity index (χ3n) is 2.68. The van der Waals surface area contributed by atoms with Crippen LogP contribution in [0.1, 0.15) is 23.7 Å². The molecule has 0 unspecified atom stereocenters. The number of hydrogen-bond acceptors (Lipinski definition) is 2. The minimum Gasteiger partial charge on any atom is -0.494 e. The van der Waals surface area contributed by atoms with E-state index in [9.17, 15) is 4.79 Å². The number of anilines is 1. The van der Waals surface area contributed by atoms with Crippen LogP contribution in [0.5, 0.6) is 5.75 Å². The summed E-state index contributed by atoms with van der Waals surface area (Å²) in [5, 5.41) is 3.25. The maximum absolute atomic E-state index is 12.1. The maximum Gasteiger partial charge on any atom is 0.257 e. The van der Waals surface area contributed by atoms with Gasteiger partial charge in [-0.15, -0.1) is 0 Å². The third-order valence-corrected chi connectivity index (χ3v) is 3.01. The van der Waals surface area contributed by atoms with Crippen molar-refractivity contribution in [2.75, 3.05) is 11.9 Å². The first-order chi connectivity index (χ1) is 9.70. The molecule has 20 heavy (non-hydrogen) atoms. The molecule has 0 atom stereocenters. The molecule has 0 saturated heterocycles. The molecule has 104 valence electrons.